The molecule has 0 N–H and O–H groups in total. The third-order valence-corrected chi connectivity index (χ3v) is 4.99. The maximum absolute atomic E-state index is 12.8. The fourth-order valence-electron chi connectivity index (χ4n) is 2.44. The number of rotatable bonds is 6. The second-order valence-electron chi connectivity index (χ2n) is 5.54. The zero-order valence-electron chi connectivity index (χ0n) is 15.3. The van der Waals surface area contributed by atoms with Gasteiger partial charge in [-0.3, -0.25) is 4.79 Å². The van der Waals surface area contributed by atoms with E-state index >= 15 is 0 Å². The summed E-state index contributed by atoms with van der Waals surface area (Å²) in [4.78, 5) is 14.2. The van der Waals surface area contributed by atoms with Gasteiger partial charge in [-0.05, 0) is 30.3 Å². The number of carbonyl (C=O) groups excluding carboxylic acids is 1. The lowest BCUT2D eigenvalue weighted by Gasteiger charge is -2.19. The highest BCUT2D eigenvalue weighted by Crippen LogP contribution is 2.32. The molecule has 0 aliphatic carbocycles. The fourth-order valence-corrected chi connectivity index (χ4v) is 3.30. The minimum Gasteiger partial charge on any atom is -0.495 e. The van der Waals surface area contributed by atoms with Gasteiger partial charge in [0.25, 0.3) is 5.91 Å². The molecule has 0 atom stereocenters. The summed E-state index contributed by atoms with van der Waals surface area (Å²) < 4.78 is 39.4. The Balaban J connectivity index is 2.43. The van der Waals surface area contributed by atoms with Gasteiger partial charge in [-0.1, -0.05) is 0 Å². The van der Waals surface area contributed by atoms with Crippen molar-refractivity contribution in [2.45, 2.75) is 4.90 Å². The van der Waals surface area contributed by atoms with Crippen LogP contribution in [0.3, 0.4) is 0 Å². The molecule has 0 fully saturated rings. The lowest BCUT2D eigenvalue weighted by atomic mass is 10.1. The van der Waals surface area contributed by atoms with E-state index in [1.54, 1.807) is 25.2 Å². The summed E-state index contributed by atoms with van der Waals surface area (Å²) in [5.74, 6) is 0.847. The van der Waals surface area contributed by atoms with Gasteiger partial charge in [-0.2, -0.15) is 0 Å². The number of anilines is 1. The van der Waals surface area contributed by atoms with Gasteiger partial charge >= 0.3 is 0 Å². The van der Waals surface area contributed by atoms with E-state index in [2.05, 4.69) is 0 Å². The molecule has 2 aromatic rings. The quantitative estimate of drug-likeness (QED) is 0.766. The van der Waals surface area contributed by atoms with E-state index in [0.29, 0.717) is 17.2 Å². The van der Waals surface area contributed by atoms with E-state index in [0.717, 1.165) is 6.26 Å². The zero-order valence-corrected chi connectivity index (χ0v) is 16.1. The van der Waals surface area contributed by atoms with Crippen molar-refractivity contribution in [3.63, 3.8) is 0 Å². The van der Waals surface area contributed by atoms with Crippen LogP contribution in [-0.2, 0) is 9.84 Å². The van der Waals surface area contributed by atoms with E-state index in [-0.39, 0.29) is 22.1 Å². The smallest absolute Gasteiger partial charge is 0.258 e. The van der Waals surface area contributed by atoms with E-state index in [1.807, 2.05) is 0 Å². The molecule has 0 bridgehead atoms. The molecule has 0 aromatic heterocycles. The first-order valence-corrected chi connectivity index (χ1v) is 9.50. The first-order valence-electron chi connectivity index (χ1n) is 7.61. The Morgan fingerprint density at radius 3 is 2.00 bits per heavy atom. The van der Waals surface area contributed by atoms with Crippen molar-refractivity contribution in [3.05, 3.63) is 42.0 Å². The average Bonchev–Trinajstić information content (AvgIpc) is 2.64. The number of amides is 1. The van der Waals surface area contributed by atoms with E-state index in [4.69, 9.17) is 14.2 Å². The standard InChI is InChI=1S/C18H21NO6S/c1-19(13-7-9-14(23-2)16(11-13)25-4)18(20)12-6-8-15(24-3)17(10-12)26(5,21)22/h6-11H,1-5H3. The van der Waals surface area contributed by atoms with Crippen LogP contribution >= 0.6 is 0 Å². The van der Waals surface area contributed by atoms with Gasteiger partial charge in [0, 0.05) is 30.6 Å². The zero-order chi connectivity index (χ0) is 19.5. The normalized spacial score (nSPS) is 11.0. The molecule has 0 unspecified atom stereocenters. The predicted molar refractivity (Wildman–Crippen MR) is 98.4 cm³/mol. The van der Waals surface area contributed by atoms with Gasteiger partial charge in [0.05, 0.1) is 21.3 Å². The number of methoxy groups -OCH3 is 3. The number of sulfone groups is 1. The number of hydrogen-bond donors (Lipinski definition) is 0. The van der Waals surface area contributed by atoms with Crippen LogP contribution in [0.15, 0.2) is 41.3 Å². The molecule has 8 heteroatoms. The highest BCUT2D eigenvalue weighted by Gasteiger charge is 2.20. The number of benzene rings is 2. The molecule has 2 rings (SSSR count). The summed E-state index contributed by atoms with van der Waals surface area (Å²) in [5.41, 5.74) is 0.799. The molecule has 0 aliphatic heterocycles. The van der Waals surface area contributed by atoms with Crippen LogP contribution in [0, 0.1) is 0 Å². The Kier molecular flexibility index (Phi) is 5.76. The molecular weight excluding hydrogens is 358 g/mol. The topological polar surface area (TPSA) is 82.1 Å². The summed E-state index contributed by atoms with van der Waals surface area (Å²) >= 11 is 0. The Bertz CT molecular complexity index is 923. The van der Waals surface area contributed by atoms with Crippen LogP contribution in [0.2, 0.25) is 0 Å². The molecular formula is C18H21NO6S. The molecule has 2 aromatic carbocycles. The molecule has 26 heavy (non-hydrogen) atoms. The lowest BCUT2D eigenvalue weighted by Crippen LogP contribution is -2.26. The van der Waals surface area contributed by atoms with Crippen molar-refractivity contribution in [2.24, 2.45) is 0 Å². The summed E-state index contributed by atoms with van der Waals surface area (Å²) in [5, 5.41) is 0. The van der Waals surface area contributed by atoms with Gasteiger partial charge < -0.3 is 19.1 Å². The van der Waals surface area contributed by atoms with Gasteiger partial charge in [-0.15, -0.1) is 0 Å². The van der Waals surface area contributed by atoms with Crippen molar-refractivity contribution in [1.29, 1.82) is 0 Å². The van der Waals surface area contributed by atoms with E-state index < -0.39 is 9.84 Å². The monoisotopic (exact) mass is 379 g/mol. The van der Waals surface area contributed by atoms with Crippen LogP contribution in [0.4, 0.5) is 5.69 Å². The van der Waals surface area contributed by atoms with Gasteiger partial charge in [0.15, 0.2) is 21.3 Å². The lowest BCUT2D eigenvalue weighted by molar-refractivity contribution is 0.0992. The molecule has 0 radical (unpaired) electrons. The molecule has 7 nitrogen and oxygen atoms in total. The highest BCUT2D eigenvalue weighted by atomic mass is 32.2. The van der Waals surface area contributed by atoms with Crippen LogP contribution in [0.5, 0.6) is 17.2 Å². The Labute approximate surface area is 153 Å². The molecule has 0 spiro atoms. The highest BCUT2D eigenvalue weighted by molar-refractivity contribution is 7.90. The first-order chi connectivity index (χ1) is 12.2. The Hall–Kier alpha value is -2.74. The van der Waals surface area contributed by atoms with Crippen molar-refractivity contribution >= 4 is 21.4 Å². The molecule has 140 valence electrons. The van der Waals surface area contributed by atoms with Crippen LogP contribution < -0.4 is 19.1 Å². The van der Waals surface area contributed by atoms with Crippen molar-refractivity contribution in [2.75, 3.05) is 39.5 Å². The van der Waals surface area contributed by atoms with Crippen molar-refractivity contribution in [1.82, 2.24) is 0 Å². The maximum atomic E-state index is 12.8. The number of carbonyl (C=O) groups is 1. The third kappa shape index (κ3) is 3.91. The number of hydrogen-bond acceptors (Lipinski definition) is 6. The Morgan fingerprint density at radius 2 is 1.46 bits per heavy atom. The number of ether oxygens (including phenoxy) is 3. The van der Waals surface area contributed by atoms with Crippen molar-refractivity contribution in [3.8, 4) is 17.2 Å². The summed E-state index contributed by atoms with van der Waals surface area (Å²) in [6.07, 6.45) is 1.07. The van der Waals surface area contributed by atoms with Crippen molar-refractivity contribution < 1.29 is 27.4 Å². The summed E-state index contributed by atoms with van der Waals surface area (Å²) in [6.45, 7) is 0. The van der Waals surface area contributed by atoms with Gasteiger partial charge in [-0.25, -0.2) is 8.42 Å². The van der Waals surface area contributed by atoms with E-state index in [1.165, 1.54) is 44.4 Å². The van der Waals surface area contributed by atoms with Gasteiger partial charge in [0.2, 0.25) is 0 Å². The van der Waals surface area contributed by atoms with Crippen LogP contribution in [0.25, 0.3) is 0 Å². The SMILES string of the molecule is COc1ccc(N(C)C(=O)c2ccc(OC)c(S(C)(=O)=O)c2)cc1OC. The summed E-state index contributed by atoms with van der Waals surface area (Å²) in [6, 6.07) is 9.36. The largest absolute Gasteiger partial charge is 0.495 e. The van der Waals surface area contributed by atoms with Crippen LogP contribution in [-0.4, -0.2) is 49.0 Å². The summed E-state index contributed by atoms with van der Waals surface area (Å²) in [7, 11) is 2.45. The molecule has 0 saturated carbocycles. The average molecular weight is 379 g/mol. The second kappa shape index (κ2) is 7.65. The minimum absolute atomic E-state index is 0.0356. The number of nitrogens with zero attached hydrogens (tertiary/aromatic N) is 1. The molecule has 0 aliphatic rings. The van der Waals surface area contributed by atoms with Crippen LogP contribution in [0.1, 0.15) is 10.4 Å². The second-order valence-corrected chi connectivity index (χ2v) is 7.53. The predicted octanol–water partition coefficient (Wildman–Crippen LogP) is 2.39. The maximum Gasteiger partial charge on any atom is 0.258 e. The molecule has 0 saturated heterocycles. The molecule has 0 heterocycles. The van der Waals surface area contributed by atoms with Gasteiger partial charge in [0.1, 0.15) is 10.6 Å². The Morgan fingerprint density at radius 1 is 0.885 bits per heavy atom. The van der Waals surface area contributed by atoms with E-state index in [9.17, 15) is 13.2 Å². The minimum atomic E-state index is -3.54. The first kappa shape index (κ1) is 19.6. The fraction of sp³-hybridized carbons (Fsp3) is 0.278. The molecule has 1 amide bonds. The third-order valence-electron chi connectivity index (χ3n) is 3.87.